The Morgan fingerprint density at radius 2 is 1.88 bits per heavy atom. The minimum Gasteiger partial charge on any atom is -0.491 e. The van der Waals surface area contributed by atoms with Gasteiger partial charge in [0.1, 0.15) is 18.1 Å². The second kappa shape index (κ2) is 10.6. The van der Waals surface area contributed by atoms with Crippen LogP contribution >= 0.6 is 0 Å². The molecule has 34 heavy (non-hydrogen) atoms. The fourth-order valence-corrected chi connectivity index (χ4v) is 5.47. The van der Waals surface area contributed by atoms with E-state index in [2.05, 4.69) is 71.5 Å². The number of hydrogen-bond acceptors (Lipinski definition) is 5. The smallest absolute Gasteiger partial charge is 0.120 e. The number of hydrogen-bond donors (Lipinski definition) is 1. The van der Waals surface area contributed by atoms with E-state index in [4.69, 9.17) is 9.47 Å². The van der Waals surface area contributed by atoms with Gasteiger partial charge in [0, 0.05) is 49.6 Å². The van der Waals surface area contributed by atoms with E-state index in [1.165, 1.54) is 17.5 Å². The third kappa shape index (κ3) is 5.43. The van der Waals surface area contributed by atoms with E-state index in [1.807, 2.05) is 24.4 Å². The molecular weight excluding hydrogens is 422 g/mol. The Balaban J connectivity index is 1.27. The summed E-state index contributed by atoms with van der Waals surface area (Å²) in [5.41, 5.74) is 3.81. The molecule has 5 nitrogen and oxygen atoms in total. The molecule has 0 bridgehead atoms. The molecule has 2 aliphatic rings. The highest BCUT2D eigenvalue weighted by molar-refractivity contribution is 5.33. The standard InChI is InChI=1S/C29H35N3O2/c1-21(2)34-25-10-8-24(9-11-25)28-19-32(29-12-14-31-17-27(28)29)18-22-5-3-7-26(15-22)33-20-23-6-4-13-30-16-23/h3-11,13,15-16,21,27-29,31H,12,14,17-20H2,1-2H3/t27-,28-,29-/m1/s1. The number of likely N-dealkylation sites (tertiary alicyclic amines) is 1. The van der Waals surface area contributed by atoms with E-state index < -0.39 is 0 Å². The Kier molecular flexibility index (Phi) is 7.12. The number of rotatable bonds is 8. The van der Waals surface area contributed by atoms with E-state index in [0.29, 0.717) is 24.5 Å². The second-order valence-corrected chi connectivity index (χ2v) is 9.79. The van der Waals surface area contributed by atoms with Gasteiger partial charge in [-0.3, -0.25) is 9.88 Å². The lowest BCUT2D eigenvalue weighted by molar-refractivity contribution is 0.183. The van der Waals surface area contributed by atoms with Crippen LogP contribution in [0.2, 0.25) is 0 Å². The fraction of sp³-hybridized carbons (Fsp3) is 0.414. The van der Waals surface area contributed by atoms with Crippen molar-refractivity contribution in [2.45, 2.75) is 51.5 Å². The number of benzene rings is 2. The molecule has 0 radical (unpaired) electrons. The van der Waals surface area contributed by atoms with Crippen LogP contribution < -0.4 is 14.8 Å². The first-order valence-corrected chi connectivity index (χ1v) is 12.5. The zero-order valence-electron chi connectivity index (χ0n) is 20.2. The number of piperidine rings is 1. The van der Waals surface area contributed by atoms with Crippen LogP contribution in [0, 0.1) is 5.92 Å². The van der Waals surface area contributed by atoms with Gasteiger partial charge in [-0.05, 0) is 74.2 Å². The average Bonchev–Trinajstić information content (AvgIpc) is 3.22. The van der Waals surface area contributed by atoms with E-state index in [0.717, 1.165) is 43.2 Å². The fourth-order valence-electron chi connectivity index (χ4n) is 5.47. The van der Waals surface area contributed by atoms with Gasteiger partial charge in [0.05, 0.1) is 6.10 Å². The van der Waals surface area contributed by atoms with Gasteiger partial charge < -0.3 is 14.8 Å². The molecule has 0 unspecified atom stereocenters. The molecule has 2 aliphatic heterocycles. The van der Waals surface area contributed by atoms with Crippen molar-refractivity contribution in [2.75, 3.05) is 19.6 Å². The average molecular weight is 458 g/mol. The van der Waals surface area contributed by atoms with Crippen LogP contribution in [-0.2, 0) is 13.2 Å². The molecule has 1 N–H and O–H groups in total. The van der Waals surface area contributed by atoms with Crippen molar-refractivity contribution in [1.82, 2.24) is 15.2 Å². The Morgan fingerprint density at radius 3 is 2.68 bits per heavy atom. The number of pyridine rings is 1. The summed E-state index contributed by atoms with van der Waals surface area (Å²) in [5, 5.41) is 3.64. The normalized spacial score (nSPS) is 22.5. The largest absolute Gasteiger partial charge is 0.491 e. The lowest BCUT2D eigenvalue weighted by Gasteiger charge is -2.33. The summed E-state index contributed by atoms with van der Waals surface area (Å²) in [6, 6.07) is 22.0. The van der Waals surface area contributed by atoms with Crippen LogP contribution in [0.25, 0.3) is 0 Å². The Bertz CT molecular complexity index is 1050. The predicted molar refractivity (Wildman–Crippen MR) is 135 cm³/mol. The van der Waals surface area contributed by atoms with E-state index in [1.54, 1.807) is 6.20 Å². The number of fused-ring (bicyclic) bond motifs is 1. The maximum Gasteiger partial charge on any atom is 0.120 e. The van der Waals surface area contributed by atoms with E-state index >= 15 is 0 Å². The molecule has 0 spiro atoms. The summed E-state index contributed by atoms with van der Waals surface area (Å²) in [6.07, 6.45) is 5.04. The molecule has 3 heterocycles. The van der Waals surface area contributed by atoms with Crippen molar-refractivity contribution >= 4 is 0 Å². The van der Waals surface area contributed by atoms with Gasteiger partial charge in [-0.15, -0.1) is 0 Å². The first-order valence-electron chi connectivity index (χ1n) is 12.5. The predicted octanol–water partition coefficient (Wildman–Crippen LogP) is 5.03. The zero-order chi connectivity index (χ0) is 23.3. The molecule has 2 aromatic carbocycles. The summed E-state index contributed by atoms with van der Waals surface area (Å²) in [7, 11) is 0. The van der Waals surface area contributed by atoms with Crippen LogP contribution in [-0.4, -0.2) is 41.7 Å². The van der Waals surface area contributed by atoms with Crippen molar-refractivity contribution in [2.24, 2.45) is 5.92 Å². The number of ether oxygens (including phenoxy) is 2. The lowest BCUT2D eigenvalue weighted by atomic mass is 9.82. The van der Waals surface area contributed by atoms with Crippen molar-refractivity contribution in [3.63, 3.8) is 0 Å². The molecule has 2 fully saturated rings. The maximum absolute atomic E-state index is 6.05. The lowest BCUT2D eigenvalue weighted by Crippen LogP contribution is -2.43. The Morgan fingerprint density at radius 1 is 1.03 bits per heavy atom. The molecule has 3 aromatic rings. The topological polar surface area (TPSA) is 46.6 Å². The van der Waals surface area contributed by atoms with Crippen molar-refractivity contribution in [3.8, 4) is 11.5 Å². The monoisotopic (exact) mass is 457 g/mol. The Labute approximate surface area is 203 Å². The second-order valence-electron chi connectivity index (χ2n) is 9.79. The van der Waals surface area contributed by atoms with Gasteiger partial charge in [0.2, 0.25) is 0 Å². The zero-order valence-corrected chi connectivity index (χ0v) is 20.2. The summed E-state index contributed by atoms with van der Waals surface area (Å²) >= 11 is 0. The highest BCUT2D eigenvalue weighted by Gasteiger charge is 2.43. The third-order valence-electron chi connectivity index (χ3n) is 7.00. The first kappa shape index (κ1) is 22.9. The SMILES string of the molecule is CC(C)Oc1ccc([C@H]2CN(Cc3cccc(OCc4cccnc4)c3)[C@@H]3CCNC[C@H]23)cc1. The van der Waals surface area contributed by atoms with Crippen LogP contribution in [0.1, 0.15) is 42.9 Å². The maximum atomic E-state index is 6.05. The molecule has 0 aliphatic carbocycles. The Hall–Kier alpha value is -2.89. The summed E-state index contributed by atoms with van der Waals surface area (Å²) in [4.78, 5) is 6.86. The molecule has 5 rings (SSSR count). The van der Waals surface area contributed by atoms with Crippen LogP contribution in [0.15, 0.2) is 73.1 Å². The minimum atomic E-state index is 0.198. The number of nitrogens with one attached hydrogen (secondary N) is 1. The van der Waals surface area contributed by atoms with Gasteiger partial charge in [-0.2, -0.15) is 0 Å². The van der Waals surface area contributed by atoms with Crippen molar-refractivity contribution < 1.29 is 9.47 Å². The van der Waals surface area contributed by atoms with E-state index in [9.17, 15) is 0 Å². The van der Waals surface area contributed by atoms with Gasteiger partial charge in [-0.1, -0.05) is 30.3 Å². The molecule has 0 saturated carbocycles. The molecule has 178 valence electrons. The third-order valence-corrected chi connectivity index (χ3v) is 7.00. The summed E-state index contributed by atoms with van der Waals surface area (Å²) in [6.45, 7) is 8.90. The molecule has 3 atom stereocenters. The first-order chi connectivity index (χ1) is 16.7. The van der Waals surface area contributed by atoms with Crippen LogP contribution in [0.3, 0.4) is 0 Å². The van der Waals surface area contributed by atoms with Crippen LogP contribution in [0.5, 0.6) is 11.5 Å². The number of aromatic nitrogens is 1. The molecule has 0 amide bonds. The molecule has 5 heteroatoms. The molecule has 2 saturated heterocycles. The minimum absolute atomic E-state index is 0.198. The highest BCUT2D eigenvalue weighted by atomic mass is 16.5. The molecular formula is C29H35N3O2. The van der Waals surface area contributed by atoms with E-state index in [-0.39, 0.29) is 6.10 Å². The quantitative estimate of drug-likeness (QED) is 0.514. The molecule has 1 aromatic heterocycles. The summed E-state index contributed by atoms with van der Waals surface area (Å²) < 4.78 is 11.9. The van der Waals surface area contributed by atoms with Gasteiger partial charge in [0.25, 0.3) is 0 Å². The highest BCUT2D eigenvalue weighted by Crippen LogP contribution is 2.41. The van der Waals surface area contributed by atoms with Crippen molar-refractivity contribution in [3.05, 3.63) is 89.7 Å². The van der Waals surface area contributed by atoms with Gasteiger partial charge in [0.15, 0.2) is 0 Å². The number of nitrogens with zero attached hydrogens (tertiary/aromatic N) is 2. The van der Waals surface area contributed by atoms with Crippen LogP contribution in [0.4, 0.5) is 0 Å². The van der Waals surface area contributed by atoms with Gasteiger partial charge in [-0.25, -0.2) is 0 Å². The van der Waals surface area contributed by atoms with Crippen molar-refractivity contribution in [1.29, 1.82) is 0 Å². The summed E-state index contributed by atoms with van der Waals surface area (Å²) in [5.74, 6) is 3.04. The van der Waals surface area contributed by atoms with Gasteiger partial charge >= 0.3 is 0 Å².